The molecule has 10 rings (SSSR count). The molecule has 4 nitrogen and oxygen atoms in total. The van der Waals surface area contributed by atoms with Crippen molar-refractivity contribution >= 4 is 54.5 Å². The van der Waals surface area contributed by atoms with Crippen LogP contribution in [0.2, 0.25) is 0 Å². The second-order valence-electron chi connectivity index (χ2n) is 11.8. The van der Waals surface area contributed by atoms with Gasteiger partial charge in [0, 0.05) is 38.2 Å². The first-order chi connectivity index (χ1) is 22.8. The fraction of sp³-hybridized carbons (Fsp3) is 0. The van der Waals surface area contributed by atoms with E-state index in [0.717, 1.165) is 66.6 Å². The lowest BCUT2D eigenvalue weighted by molar-refractivity contribution is 0.670. The Morgan fingerprint density at radius 1 is 0.457 bits per heavy atom. The van der Waals surface area contributed by atoms with Crippen LogP contribution in [-0.4, -0.2) is 14.5 Å². The molecule has 0 aliphatic rings. The summed E-state index contributed by atoms with van der Waals surface area (Å²) in [6, 6.07) is 53.0. The molecule has 0 fully saturated rings. The number of rotatable bonds is 4. The molecule has 0 amide bonds. The summed E-state index contributed by atoms with van der Waals surface area (Å²) in [6.07, 6.45) is 0. The van der Waals surface area contributed by atoms with Gasteiger partial charge in [-0.05, 0) is 46.7 Å². The van der Waals surface area contributed by atoms with Gasteiger partial charge in [-0.3, -0.25) is 4.57 Å². The summed E-state index contributed by atoms with van der Waals surface area (Å²) in [5, 5.41) is 7.04. The Morgan fingerprint density at radius 3 is 1.89 bits per heavy atom. The maximum absolute atomic E-state index is 6.49. The standard InChI is InChI=1S/C42H25N3O/c1-3-11-26(12-4-1)34-25-35(27-13-5-2-6-14-27)44-42(43-34)45-36-19-9-15-28-21-22-29-23-30(24-37(45)40(29)39(28)36)31-17-10-18-33-32-16-7-8-20-38(32)46-41(31)33/h1-25H. The maximum Gasteiger partial charge on any atom is 0.235 e. The van der Waals surface area contributed by atoms with Crippen molar-refractivity contribution in [3.8, 4) is 39.6 Å². The lowest BCUT2D eigenvalue weighted by Gasteiger charge is -2.12. The van der Waals surface area contributed by atoms with E-state index in [1.54, 1.807) is 0 Å². The number of fused-ring (bicyclic) bond motifs is 3. The molecule has 7 aromatic carbocycles. The van der Waals surface area contributed by atoms with Crippen LogP contribution in [0, 0.1) is 0 Å². The molecule has 0 radical (unpaired) electrons. The highest BCUT2D eigenvalue weighted by Gasteiger charge is 2.22. The summed E-state index contributed by atoms with van der Waals surface area (Å²) in [6.45, 7) is 0. The minimum Gasteiger partial charge on any atom is -0.455 e. The molecule has 46 heavy (non-hydrogen) atoms. The van der Waals surface area contributed by atoms with Gasteiger partial charge in [-0.1, -0.05) is 121 Å². The van der Waals surface area contributed by atoms with Crippen LogP contribution in [-0.2, 0) is 0 Å². The van der Waals surface area contributed by atoms with E-state index >= 15 is 0 Å². The molecule has 0 saturated heterocycles. The molecule has 0 bridgehead atoms. The van der Waals surface area contributed by atoms with Gasteiger partial charge in [0.05, 0.1) is 22.4 Å². The summed E-state index contributed by atoms with van der Waals surface area (Å²) in [4.78, 5) is 10.5. The van der Waals surface area contributed by atoms with Gasteiger partial charge in [-0.2, -0.15) is 0 Å². The average Bonchev–Trinajstić information content (AvgIpc) is 3.68. The van der Waals surface area contributed by atoms with Crippen LogP contribution >= 0.6 is 0 Å². The van der Waals surface area contributed by atoms with Gasteiger partial charge in [-0.25, -0.2) is 9.97 Å². The number of benzene rings is 7. The van der Waals surface area contributed by atoms with Crippen molar-refractivity contribution in [2.45, 2.75) is 0 Å². The normalized spacial score (nSPS) is 11.9. The van der Waals surface area contributed by atoms with Crippen LogP contribution in [0.3, 0.4) is 0 Å². The number of hydrogen-bond donors (Lipinski definition) is 0. The summed E-state index contributed by atoms with van der Waals surface area (Å²) >= 11 is 0. The third-order valence-electron chi connectivity index (χ3n) is 9.17. The van der Waals surface area contributed by atoms with E-state index in [9.17, 15) is 0 Å². The summed E-state index contributed by atoms with van der Waals surface area (Å²) < 4.78 is 8.73. The van der Waals surface area contributed by atoms with E-state index < -0.39 is 0 Å². The van der Waals surface area contributed by atoms with Gasteiger partial charge in [0.25, 0.3) is 0 Å². The van der Waals surface area contributed by atoms with E-state index in [-0.39, 0.29) is 0 Å². The molecule has 214 valence electrons. The van der Waals surface area contributed by atoms with E-state index in [4.69, 9.17) is 14.4 Å². The smallest absolute Gasteiger partial charge is 0.235 e. The third kappa shape index (κ3) is 3.67. The number of hydrogen-bond acceptors (Lipinski definition) is 3. The van der Waals surface area contributed by atoms with Gasteiger partial charge in [0.2, 0.25) is 5.95 Å². The lowest BCUT2D eigenvalue weighted by Crippen LogP contribution is -2.04. The average molecular weight is 588 g/mol. The Labute approximate surface area is 264 Å². The van der Waals surface area contributed by atoms with Crippen LogP contribution in [0.15, 0.2) is 156 Å². The molecular weight excluding hydrogens is 562 g/mol. The van der Waals surface area contributed by atoms with Crippen molar-refractivity contribution < 1.29 is 4.42 Å². The van der Waals surface area contributed by atoms with E-state index in [1.807, 2.05) is 24.3 Å². The molecule has 10 aromatic rings. The highest BCUT2D eigenvalue weighted by atomic mass is 16.3. The Morgan fingerprint density at radius 2 is 1.11 bits per heavy atom. The molecule has 0 aliphatic carbocycles. The zero-order valence-corrected chi connectivity index (χ0v) is 24.7. The predicted octanol–water partition coefficient (Wildman–Crippen LogP) is 11.1. The van der Waals surface area contributed by atoms with Crippen molar-refractivity contribution in [2.24, 2.45) is 0 Å². The summed E-state index contributed by atoms with van der Waals surface area (Å²) in [5.74, 6) is 0.643. The van der Waals surface area contributed by atoms with Gasteiger partial charge in [0.1, 0.15) is 11.2 Å². The minimum absolute atomic E-state index is 0.643. The van der Waals surface area contributed by atoms with Crippen molar-refractivity contribution in [3.05, 3.63) is 152 Å². The van der Waals surface area contributed by atoms with Crippen molar-refractivity contribution in [1.82, 2.24) is 14.5 Å². The Bertz CT molecular complexity index is 2680. The second kappa shape index (κ2) is 9.62. The highest BCUT2D eigenvalue weighted by molar-refractivity contribution is 6.25. The zero-order chi connectivity index (χ0) is 30.2. The van der Waals surface area contributed by atoms with Crippen molar-refractivity contribution in [2.75, 3.05) is 0 Å². The predicted molar refractivity (Wildman–Crippen MR) is 189 cm³/mol. The maximum atomic E-state index is 6.49. The van der Waals surface area contributed by atoms with Gasteiger partial charge in [-0.15, -0.1) is 0 Å². The third-order valence-corrected chi connectivity index (χ3v) is 9.17. The molecule has 0 unspecified atom stereocenters. The molecule has 4 heteroatoms. The largest absolute Gasteiger partial charge is 0.455 e. The van der Waals surface area contributed by atoms with Crippen LogP contribution in [0.5, 0.6) is 0 Å². The Balaban J connectivity index is 1.31. The fourth-order valence-electron chi connectivity index (χ4n) is 7.09. The molecular formula is C42H25N3O. The quantitative estimate of drug-likeness (QED) is 0.192. The molecule has 3 aromatic heterocycles. The van der Waals surface area contributed by atoms with Gasteiger partial charge in [0.15, 0.2) is 0 Å². The monoisotopic (exact) mass is 587 g/mol. The van der Waals surface area contributed by atoms with E-state index in [2.05, 4.69) is 132 Å². The number of para-hydroxylation sites is 2. The first kappa shape index (κ1) is 25.1. The number of aromatic nitrogens is 3. The lowest BCUT2D eigenvalue weighted by atomic mass is 9.96. The minimum atomic E-state index is 0.643. The van der Waals surface area contributed by atoms with Crippen molar-refractivity contribution in [3.63, 3.8) is 0 Å². The fourth-order valence-corrected chi connectivity index (χ4v) is 7.09. The van der Waals surface area contributed by atoms with Crippen LogP contribution in [0.1, 0.15) is 0 Å². The first-order valence-corrected chi connectivity index (χ1v) is 15.5. The topological polar surface area (TPSA) is 43.9 Å². The van der Waals surface area contributed by atoms with Crippen molar-refractivity contribution in [1.29, 1.82) is 0 Å². The second-order valence-corrected chi connectivity index (χ2v) is 11.8. The summed E-state index contributed by atoms with van der Waals surface area (Å²) in [5.41, 5.74) is 9.95. The molecule has 0 spiro atoms. The number of nitrogens with zero attached hydrogens (tertiary/aromatic N) is 3. The Hall–Kier alpha value is -6.26. The highest BCUT2D eigenvalue weighted by Crippen LogP contribution is 2.43. The van der Waals surface area contributed by atoms with Gasteiger partial charge < -0.3 is 4.42 Å². The molecule has 0 N–H and O–H groups in total. The van der Waals surface area contributed by atoms with Gasteiger partial charge >= 0.3 is 0 Å². The number of furan rings is 1. The van der Waals surface area contributed by atoms with E-state index in [1.165, 1.54) is 21.5 Å². The Kier molecular flexibility index (Phi) is 5.25. The SMILES string of the molecule is c1ccc(-c2cc(-c3ccccc3)nc(-n3c4cccc5ccc6cc(-c7cccc8c7oc7ccccc78)cc3c6c54)n2)cc1. The zero-order valence-electron chi connectivity index (χ0n) is 24.7. The van der Waals surface area contributed by atoms with Crippen LogP contribution < -0.4 is 0 Å². The molecule has 0 saturated carbocycles. The van der Waals surface area contributed by atoms with Crippen LogP contribution in [0.4, 0.5) is 0 Å². The van der Waals surface area contributed by atoms with E-state index in [0.29, 0.717) is 5.95 Å². The van der Waals surface area contributed by atoms with Crippen LogP contribution in [0.25, 0.3) is 94.1 Å². The summed E-state index contributed by atoms with van der Waals surface area (Å²) in [7, 11) is 0. The molecule has 0 aliphatic heterocycles. The molecule has 0 atom stereocenters. The molecule has 3 heterocycles. The first-order valence-electron chi connectivity index (χ1n) is 15.5.